The zero-order chi connectivity index (χ0) is 20.6. The van der Waals surface area contributed by atoms with Gasteiger partial charge in [0.15, 0.2) is 0 Å². The van der Waals surface area contributed by atoms with E-state index in [9.17, 15) is 5.11 Å². The van der Waals surface area contributed by atoms with Gasteiger partial charge in [0.25, 0.3) is 0 Å². The number of ether oxygens (including phenoxy) is 1. The lowest BCUT2D eigenvalue weighted by Crippen LogP contribution is -2.38. The number of hydrogen-bond acceptors (Lipinski definition) is 5. The molecule has 29 heavy (non-hydrogen) atoms. The monoisotopic (exact) mass is 393 g/mol. The second kappa shape index (κ2) is 10.4. The molecule has 1 fully saturated rings. The Morgan fingerprint density at radius 3 is 2.34 bits per heavy atom. The Bertz CT molecular complexity index is 809. The number of hydrogen-bond donors (Lipinski definition) is 1. The van der Waals surface area contributed by atoms with Crippen LogP contribution in [0.4, 0.5) is 0 Å². The Labute approximate surface area is 174 Å². The van der Waals surface area contributed by atoms with E-state index in [1.807, 2.05) is 36.4 Å². The van der Waals surface area contributed by atoms with Crippen molar-refractivity contribution in [3.63, 3.8) is 0 Å². The topological polar surface area (TPSA) is 59.7 Å². The first-order valence-corrected chi connectivity index (χ1v) is 10.3. The van der Waals surface area contributed by atoms with Crippen molar-refractivity contribution in [3.05, 3.63) is 64.7 Å². The minimum atomic E-state index is -0.499. The predicted octanol–water partition coefficient (Wildman–Crippen LogP) is 3.12. The number of aryl methyl sites for hydroxylation is 2. The summed E-state index contributed by atoms with van der Waals surface area (Å²) in [5.74, 6) is 0.825. The van der Waals surface area contributed by atoms with Crippen LogP contribution in [0, 0.1) is 25.2 Å². The highest BCUT2D eigenvalue weighted by atomic mass is 16.5. The number of aliphatic hydroxyl groups excluding tert-OH is 1. The van der Waals surface area contributed by atoms with Crippen LogP contribution in [-0.4, -0.2) is 60.3 Å². The third-order valence-electron chi connectivity index (χ3n) is 5.28. The highest BCUT2D eigenvalue weighted by Crippen LogP contribution is 2.17. The lowest BCUT2D eigenvalue weighted by atomic mass is 10.1. The zero-order valence-corrected chi connectivity index (χ0v) is 17.5. The van der Waals surface area contributed by atoms with Crippen LogP contribution < -0.4 is 4.74 Å². The van der Waals surface area contributed by atoms with Crippen molar-refractivity contribution in [2.75, 3.05) is 39.3 Å². The molecule has 0 aliphatic carbocycles. The highest BCUT2D eigenvalue weighted by Gasteiger charge is 2.18. The SMILES string of the molecule is Cc1cc(C)cc(OCC(O)CN2CCCN(Cc3ccc(C#N)cc3)CC2)c1. The zero-order valence-electron chi connectivity index (χ0n) is 17.5. The van der Waals surface area contributed by atoms with Crippen LogP contribution in [0.15, 0.2) is 42.5 Å². The van der Waals surface area contributed by atoms with Crippen molar-refractivity contribution in [1.29, 1.82) is 5.26 Å². The predicted molar refractivity (Wildman–Crippen MR) is 115 cm³/mol. The molecule has 1 aliphatic heterocycles. The summed E-state index contributed by atoms with van der Waals surface area (Å²) in [5.41, 5.74) is 4.28. The molecule has 0 amide bonds. The van der Waals surface area contributed by atoms with E-state index in [1.165, 1.54) is 16.7 Å². The highest BCUT2D eigenvalue weighted by molar-refractivity contribution is 5.33. The number of nitriles is 1. The molecule has 0 bridgehead atoms. The van der Waals surface area contributed by atoms with Crippen LogP contribution in [0.3, 0.4) is 0 Å². The van der Waals surface area contributed by atoms with E-state index >= 15 is 0 Å². The van der Waals surface area contributed by atoms with Gasteiger partial charge in [-0.3, -0.25) is 9.80 Å². The third-order valence-corrected chi connectivity index (χ3v) is 5.28. The Morgan fingerprint density at radius 1 is 1.00 bits per heavy atom. The van der Waals surface area contributed by atoms with Crippen molar-refractivity contribution < 1.29 is 9.84 Å². The van der Waals surface area contributed by atoms with Gasteiger partial charge in [-0.2, -0.15) is 5.26 Å². The van der Waals surface area contributed by atoms with Gasteiger partial charge in [0.2, 0.25) is 0 Å². The summed E-state index contributed by atoms with van der Waals surface area (Å²) in [5, 5.41) is 19.4. The van der Waals surface area contributed by atoms with Gasteiger partial charge in [-0.05, 0) is 74.3 Å². The third kappa shape index (κ3) is 6.86. The second-order valence-corrected chi connectivity index (χ2v) is 8.03. The van der Waals surface area contributed by atoms with Gasteiger partial charge >= 0.3 is 0 Å². The smallest absolute Gasteiger partial charge is 0.119 e. The minimum absolute atomic E-state index is 0.314. The molecule has 1 heterocycles. The largest absolute Gasteiger partial charge is 0.491 e. The van der Waals surface area contributed by atoms with Crippen LogP contribution in [0.2, 0.25) is 0 Å². The maximum Gasteiger partial charge on any atom is 0.119 e. The van der Waals surface area contributed by atoms with Gasteiger partial charge in [0, 0.05) is 26.2 Å². The molecule has 154 valence electrons. The van der Waals surface area contributed by atoms with E-state index in [0.29, 0.717) is 18.7 Å². The van der Waals surface area contributed by atoms with Crippen molar-refractivity contribution >= 4 is 0 Å². The lowest BCUT2D eigenvalue weighted by Gasteiger charge is -2.24. The van der Waals surface area contributed by atoms with E-state index < -0.39 is 6.10 Å². The minimum Gasteiger partial charge on any atom is -0.491 e. The molecule has 2 aromatic carbocycles. The van der Waals surface area contributed by atoms with Crippen LogP contribution in [0.5, 0.6) is 5.75 Å². The molecule has 0 spiro atoms. The summed E-state index contributed by atoms with van der Waals surface area (Å²) in [4.78, 5) is 4.77. The molecule has 0 aromatic heterocycles. The fourth-order valence-corrected chi connectivity index (χ4v) is 3.87. The summed E-state index contributed by atoms with van der Waals surface area (Å²) in [6.45, 7) is 9.91. The van der Waals surface area contributed by atoms with Crippen molar-refractivity contribution in [2.45, 2.75) is 32.9 Å². The molecule has 2 aromatic rings. The summed E-state index contributed by atoms with van der Waals surface area (Å²) >= 11 is 0. The molecular formula is C24H31N3O2. The normalized spacial score (nSPS) is 16.8. The molecule has 0 saturated carbocycles. The summed E-state index contributed by atoms with van der Waals surface area (Å²) in [7, 11) is 0. The van der Waals surface area contributed by atoms with Gasteiger partial charge in [0.1, 0.15) is 18.5 Å². The van der Waals surface area contributed by atoms with E-state index in [1.54, 1.807) is 0 Å². The Hall–Kier alpha value is -2.39. The molecule has 3 rings (SSSR count). The average Bonchev–Trinajstić information content (AvgIpc) is 2.91. The first kappa shape index (κ1) is 21.3. The van der Waals surface area contributed by atoms with Crippen LogP contribution in [0.1, 0.15) is 28.7 Å². The molecule has 1 aliphatic rings. The molecule has 5 nitrogen and oxygen atoms in total. The van der Waals surface area contributed by atoms with E-state index in [4.69, 9.17) is 10.00 Å². The number of aliphatic hydroxyl groups is 1. The Kier molecular flexibility index (Phi) is 7.65. The van der Waals surface area contributed by atoms with Crippen LogP contribution in [-0.2, 0) is 6.54 Å². The Morgan fingerprint density at radius 2 is 1.66 bits per heavy atom. The molecule has 0 radical (unpaired) electrons. The molecule has 5 heteroatoms. The maximum atomic E-state index is 10.4. The van der Waals surface area contributed by atoms with Crippen molar-refractivity contribution in [3.8, 4) is 11.8 Å². The number of benzene rings is 2. The summed E-state index contributed by atoms with van der Waals surface area (Å²) in [6.07, 6.45) is 0.585. The van der Waals surface area contributed by atoms with Crippen molar-refractivity contribution in [2.24, 2.45) is 0 Å². The summed E-state index contributed by atoms with van der Waals surface area (Å²) in [6, 6.07) is 16.1. The van der Waals surface area contributed by atoms with Gasteiger partial charge in [-0.1, -0.05) is 18.2 Å². The Balaban J connectivity index is 1.43. The second-order valence-electron chi connectivity index (χ2n) is 8.03. The first-order chi connectivity index (χ1) is 14.0. The van der Waals surface area contributed by atoms with Crippen LogP contribution >= 0.6 is 0 Å². The maximum absolute atomic E-state index is 10.4. The van der Waals surface area contributed by atoms with Gasteiger partial charge in [-0.15, -0.1) is 0 Å². The van der Waals surface area contributed by atoms with Crippen molar-refractivity contribution in [1.82, 2.24) is 9.80 Å². The number of β-amino-alcohol motifs (C(OH)–C–C–N with tert-alkyl or cyclic N) is 1. The van der Waals surface area contributed by atoms with E-state index in [0.717, 1.165) is 44.9 Å². The fourth-order valence-electron chi connectivity index (χ4n) is 3.87. The lowest BCUT2D eigenvalue weighted by molar-refractivity contribution is 0.0692. The standard InChI is InChI=1S/C24H31N3O2/c1-19-12-20(2)14-24(13-19)29-18-23(28)17-27-9-3-8-26(10-11-27)16-22-6-4-21(15-25)5-7-22/h4-7,12-14,23,28H,3,8-11,16-18H2,1-2H3. The van der Waals surface area contributed by atoms with Gasteiger partial charge in [-0.25, -0.2) is 0 Å². The molecular weight excluding hydrogens is 362 g/mol. The van der Waals surface area contributed by atoms with Gasteiger partial charge < -0.3 is 9.84 Å². The molecule has 1 atom stereocenters. The molecule has 1 unspecified atom stereocenters. The quantitative estimate of drug-likeness (QED) is 0.783. The first-order valence-electron chi connectivity index (χ1n) is 10.3. The fraction of sp³-hybridized carbons (Fsp3) is 0.458. The van der Waals surface area contributed by atoms with E-state index in [2.05, 4.69) is 35.8 Å². The summed E-state index contributed by atoms with van der Waals surface area (Å²) < 4.78 is 5.81. The number of rotatable bonds is 7. The number of nitrogens with zero attached hydrogens (tertiary/aromatic N) is 3. The van der Waals surface area contributed by atoms with Crippen LogP contribution in [0.25, 0.3) is 0 Å². The molecule has 1 N–H and O–H groups in total. The van der Waals surface area contributed by atoms with Gasteiger partial charge in [0.05, 0.1) is 11.6 Å². The average molecular weight is 394 g/mol. The van der Waals surface area contributed by atoms with E-state index in [-0.39, 0.29) is 0 Å². The molecule has 1 saturated heterocycles.